The molecule has 3 aromatic rings. The molecule has 3 aliphatic rings. The van der Waals surface area contributed by atoms with E-state index >= 15 is 0 Å². The molecule has 2 aliphatic carbocycles. The standard InChI is InChI=1S/C31H33ClN2O3S/c1-30(2)18-23(13-16-37-30)34-28(36)26-27(24-8-4-3-7-21(24)17-31(26)14-5-6-15-31)33-29(34)38-19-25(35)20-9-11-22(32)12-10-20/h3-4,7-12,23H,5-6,13-19H2,1-2H3/t23-/m1/s1. The number of halogens is 1. The van der Waals surface area contributed by atoms with Gasteiger partial charge >= 0.3 is 0 Å². The summed E-state index contributed by atoms with van der Waals surface area (Å²) in [4.78, 5) is 33.0. The van der Waals surface area contributed by atoms with Crippen molar-refractivity contribution in [3.63, 3.8) is 0 Å². The first-order valence-corrected chi connectivity index (χ1v) is 14.9. The average Bonchev–Trinajstić information content (AvgIpc) is 3.35. The van der Waals surface area contributed by atoms with Crippen LogP contribution in [0.4, 0.5) is 0 Å². The zero-order valence-corrected chi connectivity index (χ0v) is 23.5. The lowest BCUT2D eigenvalue weighted by Crippen LogP contribution is -2.44. The van der Waals surface area contributed by atoms with Gasteiger partial charge in [0.2, 0.25) is 0 Å². The molecule has 1 spiro atoms. The van der Waals surface area contributed by atoms with Crippen molar-refractivity contribution in [1.82, 2.24) is 9.55 Å². The number of fused-ring (bicyclic) bond motifs is 4. The number of Topliss-reactive ketones (excluding diaryl/α,β-unsaturated/α-hetero) is 1. The molecule has 5 nitrogen and oxygen atoms in total. The lowest BCUT2D eigenvalue weighted by Gasteiger charge is -2.40. The van der Waals surface area contributed by atoms with Crippen LogP contribution in [0, 0.1) is 0 Å². The van der Waals surface area contributed by atoms with Crippen molar-refractivity contribution >= 4 is 29.1 Å². The minimum atomic E-state index is -0.322. The van der Waals surface area contributed by atoms with E-state index in [1.165, 1.54) is 17.3 Å². The SMILES string of the molecule is CC1(C)C[C@H](n2c(SCC(=O)c3ccc(Cl)cc3)nc3c(c2=O)C2(CCCC2)Cc2ccccc2-3)CCO1. The average molecular weight is 549 g/mol. The van der Waals surface area contributed by atoms with Gasteiger partial charge in [0.25, 0.3) is 5.56 Å². The monoisotopic (exact) mass is 548 g/mol. The van der Waals surface area contributed by atoms with Gasteiger partial charge in [0.1, 0.15) is 0 Å². The highest BCUT2D eigenvalue weighted by Crippen LogP contribution is 2.50. The van der Waals surface area contributed by atoms with Gasteiger partial charge in [-0.3, -0.25) is 14.2 Å². The summed E-state index contributed by atoms with van der Waals surface area (Å²) in [6.07, 6.45) is 6.70. The molecule has 38 heavy (non-hydrogen) atoms. The molecule has 1 saturated carbocycles. The fourth-order valence-corrected chi connectivity index (χ4v) is 7.80. The Morgan fingerprint density at radius 2 is 1.87 bits per heavy atom. The molecule has 1 atom stereocenters. The highest BCUT2D eigenvalue weighted by Gasteiger charge is 2.45. The van der Waals surface area contributed by atoms with Gasteiger partial charge in [0, 0.05) is 34.2 Å². The summed E-state index contributed by atoms with van der Waals surface area (Å²) in [6, 6.07) is 15.3. The van der Waals surface area contributed by atoms with E-state index in [9.17, 15) is 9.59 Å². The molecule has 0 N–H and O–H groups in total. The zero-order chi connectivity index (χ0) is 26.5. The number of ether oxygens (including phenoxy) is 1. The Morgan fingerprint density at radius 1 is 1.13 bits per heavy atom. The maximum Gasteiger partial charge on any atom is 0.258 e. The summed E-state index contributed by atoms with van der Waals surface area (Å²) in [5.74, 6) is 0.192. The maximum absolute atomic E-state index is 14.6. The highest BCUT2D eigenvalue weighted by molar-refractivity contribution is 7.99. The van der Waals surface area contributed by atoms with Crippen LogP contribution >= 0.6 is 23.4 Å². The topological polar surface area (TPSA) is 61.2 Å². The van der Waals surface area contributed by atoms with Crippen LogP contribution in [0.25, 0.3) is 11.3 Å². The van der Waals surface area contributed by atoms with Crippen LogP contribution in [-0.4, -0.2) is 33.3 Å². The van der Waals surface area contributed by atoms with Gasteiger partial charge in [-0.1, -0.05) is 60.5 Å². The second-order valence-corrected chi connectivity index (χ2v) is 13.0. The number of aromatic nitrogens is 2. The molecule has 198 valence electrons. The quantitative estimate of drug-likeness (QED) is 0.194. The van der Waals surface area contributed by atoms with Crippen LogP contribution in [0.5, 0.6) is 0 Å². The number of hydrogen-bond donors (Lipinski definition) is 0. The third kappa shape index (κ3) is 4.65. The number of rotatable bonds is 5. The van der Waals surface area contributed by atoms with E-state index in [1.807, 2.05) is 10.6 Å². The van der Waals surface area contributed by atoms with Crippen molar-refractivity contribution in [2.75, 3.05) is 12.4 Å². The predicted octanol–water partition coefficient (Wildman–Crippen LogP) is 7.04. The van der Waals surface area contributed by atoms with Crippen LogP contribution < -0.4 is 5.56 Å². The lowest BCUT2D eigenvalue weighted by molar-refractivity contribution is -0.0710. The number of hydrogen-bond acceptors (Lipinski definition) is 5. The van der Waals surface area contributed by atoms with Gasteiger partial charge in [-0.25, -0.2) is 4.98 Å². The normalized spacial score (nSPS) is 21.2. The van der Waals surface area contributed by atoms with Crippen molar-refractivity contribution in [3.05, 3.63) is 80.6 Å². The molecular weight excluding hydrogens is 516 g/mol. The maximum atomic E-state index is 14.6. The summed E-state index contributed by atoms with van der Waals surface area (Å²) < 4.78 is 7.93. The van der Waals surface area contributed by atoms with E-state index in [2.05, 4.69) is 32.0 Å². The lowest BCUT2D eigenvalue weighted by atomic mass is 9.68. The molecule has 2 aromatic carbocycles. The van der Waals surface area contributed by atoms with E-state index in [0.717, 1.165) is 61.8 Å². The van der Waals surface area contributed by atoms with Gasteiger partial charge in [-0.15, -0.1) is 0 Å². The Bertz CT molecular complexity index is 1440. The number of nitrogens with zero attached hydrogens (tertiary/aromatic N) is 2. The molecule has 6 rings (SSSR count). The summed E-state index contributed by atoms with van der Waals surface area (Å²) in [7, 11) is 0. The largest absolute Gasteiger partial charge is 0.375 e. The molecular formula is C31H33ClN2O3S. The molecule has 1 saturated heterocycles. The van der Waals surface area contributed by atoms with Crippen molar-refractivity contribution < 1.29 is 9.53 Å². The molecule has 7 heteroatoms. The Kier molecular flexibility index (Phi) is 6.78. The van der Waals surface area contributed by atoms with E-state index in [1.54, 1.807) is 24.3 Å². The van der Waals surface area contributed by atoms with Crippen LogP contribution in [0.2, 0.25) is 5.02 Å². The fraction of sp³-hybridized carbons (Fsp3) is 0.452. The molecule has 0 amide bonds. The second-order valence-electron chi connectivity index (χ2n) is 11.6. The van der Waals surface area contributed by atoms with E-state index in [4.69, 9.17) is 21.3 Å². The van der Waals surface area contributed by atoms with E-state index in [0.29, 0.717) is 22.3 Å². The molecule has 1 aliphatic heterocycles. The van der Waals surface area contributed by atoms with Gasteiger partial charge in [-0.05, 0) is 75.8 Å². The molecule has 0 radical (unpaired) electrons. The summed E-state index contributed by atoms with van der Waals surface area (Å²) in [6.45, 7) is 4.77. The van der Waals surface area contributed by atoms with E-state index in [-0.39, 0.29) is 34.2 Å². The van der Waals surface area contributed by atoms with Crippen molar-refractivity contribution in [2.24, 2.45) is 0 Å². The number of carbonyl (C=O) groups excluding carboxylic acids is 1. The number of thioether (sulfide) groups is 1. The third-order valence-corrected chi connectivity index (χ3v) is 9.71. The minimum Gasteiger partial charge on any atom is -0.375 e. The first-order chi connectivity index (χ1) is 18.3. The van der Waals surface area contributed by atoms with Gasteiger partial charge in [0.05, 0.1) is 22.6 Å². The van der Waals surface area contributed by atoms with E-state index < -0.39 is 0 Å². The number of carbonyl (C=O) groups is 1. The zero-order valence-electron chi connectivity index (χ0n) is 22.0. The smallest absolute Gasteiger partial charge is 0.258 e. The first-order valence-electron chi connectivity index (χ1n) is 13.6. The molecule has 0 bridgehead atoms. The number of benzene rings is 2. The Labute approximate surface area is 233 Å². The summed E-state index contributed by atoms with van der Waals surface area (Å²) >= 11 is 7.39. The number of ketones is 1. The Morgan fingerprint density at radius 3 is 2.61 bits per heavy atom. The molecule has 1 aromatic heterocycles. The Balaban J connectivity index is 1.48. The fourth-order valence-electron chi connectivity index (χ4n) is 6.72. The van der Waals surface area contributed by atoms with Crippen LogP contribution in [0.3, 0.4) is 0 Å². The van der Waals surface area contributed by atoms with Crippen molar-refractivity contribution in [3.8, 4) is 11.3 Å². The van der Waals surface area contributed by atoms with Crippen LogP contribution in [0.15, 0.2) is 58.5 Å². The predicted molar refractivity (Wildman–Crippen MR) is 153 cm³/mol. The molecule has 2 heterocycles. The highest BCUT2D eigenvalue weighted by atomic mass is 35.5. The second kappa shape index (κ2) is 9.96. The first kappa shape index (κ1) is 25.8. The van der Waals surface area contributed by atoms with Crippen LogP contribution in [-0.2, 0) is 16.6 Å². The van der Waals surface area contributed by atoms with Gasteiger partial charge in [0.15, 0.2) is 10.9 Å². The summed E-state index contributed by atoms with van der Waals surface area (Å²) in [5.41, 5.74) is 4.26. The van der Waals surface area contributed by atoms with Crippen molar-refractivity contribution in [1.29, 1.82) is 0 Å². The van der Waals surface area contributed by atoms with Gasteiger partial charge < -0.3 is 4.74 Å². The molecule has 0 unspecified atom stereocenters. The Hall–Kier alpha value is -2.41. The van der Waals surface area contributed by atoms with Crippen LogP contribution in [0.1, 0.15) is 79.9 Å². The van der Waals surface area contributed by atoms with Crippen molar-refractivity contribution in [2.45, 2.75) is 81.0 Å². The third-order valence-electron chi connectivity index (χ3n) is 8.51. The molecule has 2 fully saturated rings. The minimum absolute atomic E-state index is 0.00911. The van der Waals surface area contributed by atoms with Gasteiger partial charge in [-0.2, -0.15) is 0 Å². The summed E-state index contributed by atoms with van der Waals surface area (Å²) in [5, 5.41) is 1.23.